The molecule has 0 aromatic rings. The van der Waals surface area contributed by atoms with Gasteiger partial charge in [0.15, 0.2) is 0 Å². The van der Waals surface area contributed by atoms with E-state index in [0.29, 0.717) is 23.9 Å². The van der Waals surface area contributed by atoms with E-state index in [1.54, 1.807) is 0 Å². The molecule has 1 N–H and O–H groups in total. The van der Waals surface area contributed by atoms with Gasteiger partial charge in [0, 0.05) is 25.0 Å². The molecule has 21 heavy (non-hydrogen) atoms. The Hall–Kier alpha value is -0.570. The number of nitrogens with zero attached hydrogens (tertiary/aromatic N) is 1. The molecule has 1 saturated heterocycles. The Morgan fingerprint density at radius 1 is 1.19 bits per heavy atom. The van der Waals surface area contributed by atoms with E-state index < -0.39 is 0 Å². The van der Waals surface area contributed by atoms with Crippen LogP contribution in [0.1, 0.15) is 65.2 Å². The fraction of sp³-hybridized carbons (Fsp3) is 0.944. The van der Waals surface area contributed by atoms with Gasteiger partial charge in [-0.3, -0.25) is 4.79 Å². The average molecular weight is 292 g/mol. The van der Waals surface area contributed by atoms with Crippen LogP contribution in [0.15, 0.2) is 0 Å². The van der Waals surface area contributed by atoms with Crippen LogP contribution in [0.25, 0.3) is 0 Å². The molecule has 4 atom stereocenters. The number of hydrogen-bond acceptors (Lipinski definition) is 2. The number of nitrogens with one attached hydrogen (secondary N) is 1. The highest BCUT2D eigenvalue weighted by molar-refractivity contribution is 5.77. The third-order valence-corrected chi connectivity index (χ3v) is 6.09. The molecule has 3 heteroatoms. The van der Waals surface area contributed by atoms with Gasteiger partial charge in [-0.05, 0) is 70.3 Å². The van der Waals surface area contributed by atoms with Crippen LogP contribution >= 0.6 is 0 Å². The molecule has 2 aliphatic carbocycles. The van der Waals surface area contributed by atoms with Gasteiger partial charge in [-0.15, -0.1) is 0 Å². The van der Waals surface area contributed by atoms with Crippen molar-refractivity contribution in [3.05, 3.63) is 0 Å². The molecule has 0 spiro atoms. The minimum absolute atomic E-state index is 0.333. The Morgan fingerprint density at radius 2 is 2.05 bits per heavy atom. The van der Waals surface area contributed by atoms with Crippen LogP contribution in [0.4, 0.5) is 0 Å². The molecule has 0 aromatic carbocycles. The summed E-state index contributed by atoms with van der Waals surface area (Å²) in [5, 5.41) is 3.59. The Labute approximate surface area is 129 Å². The number of amides is 1. The number of carbonyl (C=O) groups is 1. The number of fused-ring (bicyclic) bond motifs is 2. The maximum absolute atomic E-state index is 12.8. The van der Waals surface area contributed by atoms with Crippen molar-refractivity contribution in [3.63, 3.8) is 0 Å². The van der Waals surface area contributed by atoms with Gasteiger partial charge >= 0.3 is 0 Å². The van der Waals surface area contributed by atoms with E-state index in [1.807, 2.05) is 0 Å². The number of rotatable bonds is 5. The number of piperidine rings is 1. The lowest BCUT2D eigenvalue weighted by Gasteiger charge is -2.34. The average Bonchev–Trinajstić information content (AvgIpc) is 3.08. The first-order valence-electron chi connectivity index (χ1n) is 9.16. The van der Waals surface area contributed by atoms with Crippen LogP contribution in [0.2, 0.25) is 0 Å². The van der Waals surface area contributed by atoms with Crippen LogP contribution in [-0.4, -0.2) is 36.0 Å². The molecule has 3 rings (SSSR count). The highest BCUT2D eigenvalue weighted by Crippen LogP contribution is 2.49. The zero-order valence-corrected chi connectivity index (χ0v) is 13.8. The highest BCUT2D eigenvalue weighted by atomic mass is 16.2. The van der Waals surface area contributed by atoms with Gasteiger partial charge in [-0.2, -0.15) is 0 Å². The normalized spacial score (nSPS) is 35.4. The fourth-order valence-corrected chi connectivity index (χ4v) is 4.89. The van der Waals surface area contributed by atoms with Crippen molar-refractivity contribution < 1.29 is 4.79 Å². The molecule has 1 aliphatic heterocycles. The highest BCUT2D eigenvalue weighted by Gasteiger charge is 2.40. The molecule has 2 bridgehead atoms. The van der Waals surface area contributed by atoms with Gasteiger partial charge in [0.25, 0.3) is 0 Å². The van der Waals surface area contributed by atoms with Gasteiger partial charge in [0.1, 0.15) is 0 Å². The second kappa shape index (κ2) is 6.68. The Balaban J connectivity index is 1.54. The SMILES string of the molecule is CC(C)N(CC1CCCCN1)C(=O)CC1CC2CCC1C2. The largest absolute Gasteiger partial charge is 0.339 e. The van der Waals surface area contributed by atoms with Crippen molar-refractivity contribution in [2.45, 2.75) is 77.3 Å². The van der Waals surface area contributed by atoms with Gasteiger partial charge < -0.3 is 10.2 Å². The first-order valence-corrected chi connectivity index (χ1v) is 9.16. The van der Waals surface area contributed by atoms with Crippen LogP contribution in [0.3, 0.4) is 0 Å². The minimum atomic E-state index is 0.333. The minimum Gasteiger partial charge on any atom is -0.339 e. The van der Waals surface area contributed by atoms with E-state index in [9.17, 15) is 4.79 Å². The summed E-state index contributed by atoms with van der Waals surface area (Å²) in [6, 6.07) is 0.852. The van der Waals surface area contributed by atoms with E-state index in [4.69, 9.17) is 0 Å². The standard InChI is InChI=1S/C18H32N2O/c1-13(2)20(12-17-5-3-4-8-19-17)18(21)11-16-10-14-6-7-15(16)9-14/h13-17,19H,3-12H2,1-2H3. The maximum Gasteiger partial charge on any atom is 0.223 e. The molecule has 1 amide bonds. The Bertz CT molecular complexity index is 362. The van der Waals surface area contributed by atoms with Gasteiger partial charge in [-0.1, -0.05) is 12.8 Å². The Kier molecular flexibility index (Phi) is 4.88. The molecule has 3 aliphatic rings. The zero-order valence-electron chi connectivity index (χ0n) is 13.8. The van der Waals surface area contributed by atoms with Crippen molar-refractivity contribution in [2.24, 2.45) is 17.8 Å². The van der Waals surface area contributed by atoms with Gasteiger partial charge in [-0.25, -0.2) is 0 Å². The lowest BCUT2D eigenvalue weighted by atomic mass is 9.86. The smallest absolute Gasteiger partial charge is 0.223 e. The monoisotopic (exact) mass is 292 g/mol. The van der Waals surface area contributed by atoms with Crippen molar-refractivity contribution in [2.75, 3.05) is 13.1 Å². The molecule has 0 aromatic heterocycles. The molecule has 4 unspecified atom stereocenters. The quantitative estimate of drug-likeness (QED) is 0.844. The lowest BCUT2D eigenvalue weighted by molar-refractivity contribution is -0.134. The predicted octanol–water partition coefficient (Wildman–Crippen LogP) is 3.19. The molecule has 1 heterocycles. The molecule has 3 nitrogen and oxygen atoms in total. The predicted molar refractivity (Wildman–Crippen MR) is 86.0 cm³/mol. The summed E-state index contributed by atoms with van der Waals surface area (Å²) in [7, 11) is 0. The maximum atomic E-state index is 12.8. The van der Waals surface area contributed by atoms with Crippen LogP contribution in [0.5, 0.6) is 0 Å². The van der Waals surface area contributed by atoms with Crippen LogP contribution < -0.4 is 5.32 Å². The van der Waals surface area contributed by atoms with Gasteiger partial charge in [0.05, 0.1) is 0 Å². The third-order valence-electron chi connectivity index (χ3n) is 6.09. The topological polar surface area (TPSA) is 32.3 Å². The zero-order chi connectivity index (χ0) is 14.8. The second-order valence-corrected chi connectivity index (χ2v) is 7.93. The molecular formula is C18H32N2O. The summed E-state index contributed by atoms with van der Waals surface area (Å²) in [5.74, 6) is 2.91. The van der Waals surface area contributed by atoms with Crippen molar-refractivity contribution in [1.82, 2.24) is 10.2 Å². The summed E-state index contributed by atoms with van der Waals surface area (Å²) < 4.78 is 0. The van der Waals surface area contributed by atoms with E-state index in [-0.39, 0.29) is 0 Å². The summed E-state index contributed by atoms with van der Waals surface area (Å²) in [4.78, 5) is 14.9. The van der Waals surface area contributed by atoms with Crippen molar-refractivity contribution >= 4 is 5.91 Å². The molecule has 120 valence electrons. The lowest BCUT2D eigenvalue weighted by Crippen LogP contribution is -2.48. The van der Waals surface area contributed by atoms with Crippen molar-refractivity contribution in [1.29, 1.82) is 0 Å². The van der Waals surface area contributed by atoms with Crippen molar-refractivity contribution in [3.8, 4) is 0 Å². The first-order chi connectivity index (χ1) is 10.1. The number of hydrogen-bond donors (Lipinski definition) is 1. The van der Waals surface area contributed by atoms with E-state index in [1.165, 1.54) is 44.9 Å². The van der Waals surface area contributed by atoms with Crippen LogP contribution in [-0.2, 0) is 4.79 Å². The number of carbonyl (C=O) groups excluding carboxylic acids is 1. The summed E-state index contributed by atoms with van der Waals surface area (Å²) in [6.45, 7) is 6.37. The molecule has 0 radical (unpaired) electrons. The third kappa shape index (κ3) is 3.61. The summed E-state index contributed by atoms with van der Waals surface area (Å²) in [6.07, 6.45) is 10.2. The fourth-order valence-electron chi connectivity index (χ4n) is 4.89. The molecule has 2 saturated carbocycles. The van der Waals surface area contributed by atoms with Crippen LogP contribution in [0, 0.1) is 17.8 Å². The summed E-state index contributed by atoms with van der Waals surface area (Å²) >= 11 is 0. The Morgan fingerprint density at radius 3 is 2.62 bits per heavy atom. The molecule has 3 fully saturated rings. The molecular weight excluding hydrogens is 260 g/mol. The van der Waals surface area contributed by atoms with E-state index >= 15 is 0 Å². The summed E-state index contributed by atoms with van der Waals surface area (Å²) in [5.41, 5.74) is 0. The first kappa shape index (κ1) is 15.3. The van der Waals surface area contributed by atoms with E-state index in [0.717, 1.165) is 31.3 Å². The van der Waals surface area contributed by atoms with E-state index in [2.05, 4.69) is 24.1 Å². The second-order valence-electron chi connectivity index (χ2n) is 7.93. The van der Waals surface area contributed by atoms with Gasteiger partial charge in [0.2, 0.25) is 5.91 Å².